The van der Waals surface area contributed by atoms with Crippen molar-refractivity contribution < 1.29 is 24.1 Å². The molecule has 0 saturated carbocycles. The van der Waals surface area contributed by atoms with Crippen molar-refractivity contribution in [3.8, 4) is 38.8 Å². The number of benzene rings is 3. The highest BCUT2D eigenvalue weighted by atomic mass is 32.1. The number of nitrogens with one attached hydrogen (secondary N) is 2. The van der Waals surface area contributed by atoms with Crippen molar-refractivity contribution in [1.29, 1.82) is 0 Å². The van der Waals surface area contributed by atoms with Gasteiger partial charge in [0.2, 0.25) is 6.79 Å². The molecule has 2 aliphatic rings. The average Bonchev–Trinajstić information content (AvgIpc) is 3.70. The number of hydrogen-bond acceptors (Lipinski definition) is 6. The van der Waals surface area contributed by atoms with Crippen LogP contribution in [-0.2, 0) is 13.0 Å². The van der Waals surface area contributed by atoms with Gasteiger partial charge in [-0.15, -0.1) is 11.3 Å². The van der Waals surface area contributed by atoms with Gasteiger partial charge in [0.1, 0.15) is 12.4 Å². The van der Waals surface area contributed by atoms with Crippen LogP contribution in [0.25, 0.3) is 32.5 Å². The van der Waals surface area contributed by atoms with Gasteiger partial charge in [-0.25, -0.2) is 0 Å². The minimum absolute atomic E-state index is 0.182. The van der Waals surface area contributed by atoms with Crippen molar-refractivity contribution >= 4 is 28.1 Å². The number of carbonyl (C=O) groups is 1. The molecule has 7 nitrogen and oxygen atoms in total. The number of carbonyl (C=O) groups excluding carboxylic acids is 1. The van der Waals surface area contributed by atoms with Crippen molar-refractivity contribution in [2.24, 2.45) is 0 Å². The van der Waals surface area contributed by atoms with Gasteiger partial charge in [-0.3, -0.25) is 4.79 Å². The van der Waals surface area contributed by atoms with Crippen molar-refractivity contribution in [2.75, 3.05) is 13.4 Å². The number of aliphatic hydroxyl groups excluding tert-OH is 1. The minimum Gasteiger partial charge on any atom is -0.488 e. The Bertz CT molecular complexity index is 1740. The standard InChI is InChI=1S/C31H26N2O5S/c1-17-6-7-39-30(17)24-12-27-23(22-11-29-28(37-16-38-29)9-19(22)15-36-27)10-25(24)31(35)33-20(14-34)8-18-13-32-26-5-3-2-4-21(18)26/h2-7,9-13,20,32,34H,8,14-16H2,1H3,(H,33,35)/t20-/m1/s1. The number of ether oxygens (including phenoxy) is 3. The van der Waals surface area contributed by atoms with E-state index in [1.54, 1.807) is 11.3 Å². The number of fused-ring (bicyclic) bond motifs is 5. The molecule has 2 aromatic heterocycles. The summed E-state index contributed by atoms with van der Waals surface area (Å²) >= 11 is 1.59. The lowest BCUT2D eigenvalue weighted by Crippen LogP contribution is -2.39. The first-order valence-corrected chi connectivity index (χ1v) is 13.7. The van der Waals surface area contributed by atoms with Gasteiger partial charge in [0.05, 0.1) is 12.6 Å². The number of hydrogen-bond donors (Lipinski definition) is 3. The maximum absolute atomic E-state index is 13.9. The summed E-state index contributed by atoms with van der Waals surface area (Å²) in [5.74, 6) is 1.86. The summed E-state index contributed by atoms with van der Waals surface area (Å²) in [5, 5.41) is 16.4. The summed E-state index contributed by atoms with van der Waals surface area (Å²) in [5.41, 5.74) is 7.27. The van der Waals surface area contributed by atoms with E-state index in [9.17, 15) is 9.90 Å². The first-order valence-electron chi connectivity index (χ1n) is 12.8. The largest absolute Gasteiger partial charge is 0.488 e. The van der Waals surface area contributed by atoms with E-state index in [0.717, 1.165) is 54.9 Å². The zero-order valence-corrected chi connectivity index (χ0v) is 22.1. The van der Waals surface area contributed by atoms with Crippen LogP contribution in [-0.4, -0.2) is 35.4 Å². The third-order valence-corrected chi connectivity index (χ3v) is 8.49. The molecule has 0 radical (unpaired) electrons. The molecule has 0 bridgehead atoms. The maximum atomic E-state index is 13.9. The normalized spacial score (nSPS) is 14.0. The van der Waals surface area contributed by atoms with E-state index in [1.165, 1.54) is 0 Å². The van der Waals surface area contributed by atoms with Gasteiger partial charge < -0.3 is 29.6 Å². The topological polar surface area (TPSA) is 92.8 Å². The van der Waals surface area contributed by atoms with Crippen LogP contribution >= 0.6 is 11.3 Å². The fourth-order valence-electron chi connectivity index (χ4n) is 5.43. The molecule has 39 heavy (non-hydrogen) atoms. The average molecular weight is 539 g/mol. The molecular formula is C31H26N2O5S. The summed E-state index contributed by atoms with van der Waals surface area (Å²) in [6.07, 6.45) is 2.44. The number of H-pyrrole nitrogens is 1. The molecular weight excluding hydrogens is 512 g/mol. The van der Waals surface area contributed by atoms with Crippen LogP contribution < -0.4 is 19.5 Å². The highest BCUT2D eigenvalue weighted by molar-refractivity contribution is 7.13. The van der Waals surface area contributed by atoms with Crippen LogP contribution in [0.4, 0.5) is 0 Å². The molecule has 0 saturated heterocycles. The molecule has 3 aromatic carbocycles. The summed E-state index contributed by atoms with van der Waals surface area (Å²) in [6, 6.07) is 17.4. The summed E-state index contributed by atoms with van der Waals surface area (Å²) in [6.45, 7) is 2.45. The summed E-state index contributed by atoms with van der Waals surface area (Å²) < 4.78 is 17.4. The Hall–Kier alpha value is -4.27. The van der Waals surface area contributed by atoms with Crippen LogP contribution in [0.5, 0.6) is 17.2 Å². The Morgan fingerprint density at radius 2 is 1.85 bits per heavy atom. The van der Waals surface area contributed by atoms with Gasteiger partial charge in [0.15, 0.2) is 11.5 Å². The number of aliphatic hydroxyl groups is 1. The van der Waals surface area contributed by atoms with E-state index in [0.29, 0.717) is 30.1 Å². The van der Waals surface area contributed by atoms with Gasteiger partial charge in [0, 0.05) is 44.2 Å². The van der Waals surface area contributed by atoms with Crippen molar-refractivity contribution in [3.05, 3.63) is 88.4 Å². The molecule has 0 spiro atoms. The van der Waals surface area contributed by atoms with Crippen molar-refractivity contribution in [2.45, 2.75) is 26.0 Å². The molecule has 196 valence electrons. The Morgan fingerprint density at radius 1 is 1.03 bits per heavy atom. The second-order valence-corrected chi connectivity index (χ2v) is 10.8. The van der Waals surface area contributed by atoms with Crippen molar-refractivity contribution in [1.82, 2.24) is 10.3 Å². The molecule has 0 unspecified atom stereocenters. The lowest BCUT2D eigenvalue weighted by atomic mass is 9.91. The Morgan fingerprint density at radius 3 is 2.67 bits per heavy atom. The smallest absolute Gasteiger partial charge is 0.252 e. The highest BCUT2D eigenvalue weighted by Crippen LogP contribution is 2.47. The monoisotopic (exact) mass is 538 g/mol. The fraction of sp³-hybridized carbons (Fsp3) is 0.194. The quantitative estimate of drug-likeness (QED) is 0.253. The first-order chi connectivity index (χ1) is 19.1. The number of aryl methyl sites for hydroxylation is 1. The molecule has 1 amide bonds. The van der Waals surface area contributed by atoms with E-state index < -0.39 is 6.04 Å². The number of aromatic amines is 1. The van der Waals surface area contributed by atoms with Crippen LogP contribution in [0.1, 0.15) is 27.0 Å². The molecule has 0 fully saturated rings. The fourth-order valence-corrected chi connectivity index (χ4v) is 6.39. The minimum atomic E-state index is -0.456. The van der Waals surface area contributed by atoms with Crippen LogP contribution in [0.2, 0.25) is 0 Å². The Balaban J connectivity index is 1.28. The van der Waals surface area contributed by atoms with Crippen LogP contribution in [0.3, 0.4) is 0 Å². The van der Waals surface area contributed by atoms with E-state index >= 15 is 0 Å². The van der Waals surface area contributed by atoms with Gasteiger partial charge in [0.25, 0.3) is 5.91 Å². The summed E-state index contributed by atoms with van der Waals surface area (Å²) in [4.78, 5) is 18.2. The lowest BCUT2D eigenvalue weighted by molar-refractivity contribution is 0.0917. The third-order valence-electron chi connectivity index (χ3n) is 7.44. The molecule has 3 N–H and O–H groups in total. The number of rotatable bonds is 6. The molecule has 7 rings (SSSR count). The molecule has 0 aliphatic carbocycles. The van der Waals surface area contributed by atoms with E-state index in [-0.39, 0.29) is 19.3 Å². The van der Waals surface area contributed by atoms with Gasteiger partial charge in [-0.05, 0) is 71.8 Å². The molecule has 2 aliphatic heterocycles. The predicted octanol–water partition coefficient (Wildman–Crippen LogP) is 5.83. The molecule has 4 heterocycles. The Labute approximate surface area is 229 Å². The van der Waals surface area contributed by atoms with Crippen molar-refractivity contribution in [3.63, 3.8) is 0 Å². The predicted molar refractivity (Wildman–Crippen MR) is 151 cm³/mol. The van der Waals surface area contributed by atoms with Crippen LogP contribution in [0.15, 0.2) is 66.2 Å². The zero-order valence-electron chi connectivity index (χ0n) is 21.2. The second kappa shape index (κ2) is 9.48. The maximum Gasteiger partial charge on any atom is 0.252 e. The first kappa shape index (κ1) is 23.8. The Kier molecular flexibility index (Phi) is 5.79. The lowest BCUT2D eigenvalue weighted by Gasteiger charge is -2.24. The molecule has 5 aromatic rings. The summed E-state index contributed by atoms with van der Waals surface area (Å²) in [7, 11) is 0. The zero-order chi connectivity index (χ0) is 26.5. The second-order valence-electron chi connectivity index (χ2n) is 9.89. The number of amides is 1. The van der Waals surface area contributed by atoms with Gasteiger partial charge in [-0.1, -0.05) is 18.2 Å². The van der Waals surface area contributed by atoms with E-state index in [2.05, 4.69) is 10.3 Å². The number of thiophene rings is 1. The highest BCUT2D eigenvalue weighted by Gasteiger charge is 2.28. The molecule has 1 atom stereocenters. The van der Waals surface area contributed by atoms with E-state index in [4.69, 9.17) is 14.2 Å². The SMILES string of the molecule is Cc1ccsc1-c1cc2c(cc1C(=O)N[C@@H](CO)Cc1c[nH]c3ccccc13)-c1cc3c(cc1CO2)OCO3. The number of aromatic nitrogens is 1. The molecule has 8 heteroatoms. The number of para-hydroxylation sites is 1. The third kappa shape index (κ3) is 4.13. The van der Waals surface area contributed by atoms with E-state index in [1.807, 2.05) is 73.1 Å². The van der Waals surface area contributed by atoms with Gasteiger partial charge >= 0.3 is 0 Å². The van der Waals surface area contributed by atoms with Crippen LogP contribution in [0, 0.1) is 6.92 Å². The van der Waals surface area contributed by atoms with Gasteiger partial charge in [-0.2, -0.15) is 0 Å².